The standard InChI is InChI=1S/C11H16/c1-10(2)11-8-6-4-3-5-7-9-11/h3-4,7-10H,5-6H2,1-2H3/b4-3-,9-7-,11-8+. The van der Waals surface area contributed by atoms with E-state index in [-0.39, 0.29) is 0 Å². The van der Waals surface area contributed by atoms with Crippen molar-refractivity contribution in [1.82, 2.24) is 0 Å². The van der Waals surface area contributed by atoms with Crippen LogP contribution in [-0.2, 0) is 0 Å². The van der Waals surface area contributed by atoms with Crippen LogP contribution < -0.4 is 0 Å². The van der Waals surface area contributed by atoms with Crippen molar-refractivity contribution in [1.29, 1.82) is 0 Å². The van der Waals surface area contributed by atoms with Gasteiger partial charge in [-0.05, 0) is 24.3 Å². The van der Waals surface area contributed by atoms with E-state index in [0.29, 0.717) is 5.92 Å². The molecular weight excluding hydrogens is 132 g/mol. The molecule has 0 radical (unpaired) electrons. The van der Waals surface area contributed by atoms with Crippen molar-refractivity contribution in [2.45, 2.75) is 26.7 Å². The zero-order chi connectivity index (χ0) is 8.10. The molecule has 0 aromatic rings. The van der Waals surface area contributed by atoms with Gasteiger partial charge < -0.3 is 0 Å². The fourth-order valence-electron chi connectivity index (χ4n) is 1.18. The lowest BCUT2D eigenvalue weighted by Crippen LogP contribution is -1.90. The van der Waals surface area contributed by atoms with Crippen molar-refractivity contribution < 1.29 is 0 Å². The Morgan fingerprint density at radius 2 is 1.82 bits per heavy atom. The second-order valence-corrected chi connectivity index (χ2v) is 3.20. The summed E-state index contributed by atoms with van der Waals surface area (Å²) in [6.07, 6.45) is 13.4. The minimum absolute atomic E-state index is 0.665. The van der Waals surface area contributed by atoms with Crippen LogP contribution in [0.2, 0.25) is 0 Å². The number of allylic oxidation sites excluding steroid dienone is 6. The third-order valence-electron chi connectivity index (χ3n) is 1.91. The van der Waals surface area contributed by atoms with Crippen molar-refractivity contribution in [2.75, 3.05) is 0 Å². The van der Waals surface area contributed by atoms with E-state index in [2.05, 4.69) is 44.2 Å². The number of rotatable bonds is 1. The predicted octanol–water partition coefficient (Wildman–Crippen LogP) is 3.48. The molecule has 0 bridgehead atoms. The molecule has 1 aliphatic rings. The second-order valence-electron chi connectivity index (χ2n) is 3.20. The van der Waals surface area contributed by atoms with Crippen LogP contribution in [0, 0.1) is 5.92 Å². The summed E-state index contributed by atoms with van der Waals surface area (Å²) in [5, 5.41) is 0. The number of hydrogen-bond acceptors (Lipinski definition) is 0. The van der Waals surface area contributed by atoms with Crippen molar-refractivity contribution >= 4 is 0 Å². The Labute approximate surface area is 69.3 Å². The van der Waals surface area contributed by atoms with E-state index in [0.717, 1.165) is 12.8 Å². The topological polar surface area (TPSA) is 0 Å². The van der Waals surface area contributed by atoms with Crippen LogP contribution in [0.25, 0.3) is 0 Å². The van der Waals surface area contributed by atoms with Gasteiger partial charge in [0.2, 0.25) is 0 Å². The van der Waals surface area contributed by atoms with Crippen molar-refractivity contribution in [3.05, 3.63) is 36.0 Å². The smallest absolute Gasteiger partial charge is 0.0163 e. The maximum atomic E-state index is 2.30. The van der Waals surface area contributed by atoms with E-state index in [1.165, 1.54) is 5.57 Å². The zero-order valence-corrected chi connectivity index (χ0v) is 7.38. The molecule has 0 atom stereocenters. The molecule has 0 aromatic heterocycles. The highest BCUT2D eigenvalue weighted by molar-refractivity contribution is 5.23. The largest absolute Gasteiger partial charge is 0.0844 e. The quantitative estimate of drug-likeness (QED) is 0.499. The fraction of sp³-hybridized carbons (Fsp3) is 0.455. The minimum atomic E-state index is 0.665. The first kappa shape index (κ1) is 8.32. The van der Waals surface area contributed by atoms with Gasteiger partial charge >= 0.3 is 0 Å². The molecule has 0 nitrogen and oxygen atoms in total. The number of hydrogen-bond donors (Lipinski definition) is 0. The van der Waals surface area contributed by atoms with Gasteiger partial charge in [0, 0.05) is 0 Å². The van der Waals surface area contributed by atoms with Gasteiger partial charge in [-0.3, -0.25) is 0 Å². The Bertz CT molecular complexity index is 192. The first-order chi connectivity index (χ1) is 5.30. The predicted molar refractivity (Wildman–Crippen MR) is 50.4 cm³/mol. The van der Waals surface area contributed by atoms with Gasteiger partial charge in [-0.25, -0.2) is 0 Å². The zero-order valence-electron chi connectivity index (χ0n) is 7.38. The summed E-state index contributed by atoms with van der Waals surface area (Å²) < 4.78 is 0. The van der Waals surface area contributed by atoms with E-state index in [4.69, 9.17) is 0 Å². The average molecular weight is 148 g/mol. The van der Waals surface area contributed by atoms with Crippen LogP contribution >= 0.6 is 0 Å². The Balaban J connectivity index is 2.69. The van der Waals surface area contributed by atoms with Gasteiger partial charge in [-0.2, -0.15) is 0 Å². The van der Waals surface area contributed by atoms with Gasteiger partial charge in [0.05, 0.1) is 0 Å². The Morgan fingerprint density at radius 3 is 2.55 bits per heavy atom. The molecule has 0 spiro atoms. The lowest BCUT2D eigenvalue weighted by Gasteiger charge is -2.06. The van der Waals surface area contributed by atoms with Crippen molar-refractivity contribution in [3.8, 4) is 0 Å². The molecule has 0 amide bonds. The van der Waals surface area contributed by atoms with Crippen molar-refractivity contribution in [3.63, 3.8) is 0 Å². The summed E-state index contributed by atoms with van der Waals surface area (Å²) in [7, 11) is 0. The normalized spacial score (nSPS) is 28.5. The Morgan fingerprint density at radius 1 is 1.09 bits per heavy atom. The van der Waals surface area contributed by atoms with E-state index < -0.39 is 0 Å². The summed E-state index contributed by atoms with van der Waals surface area (Å²) in [5.74, 6) is 0.665. The molecule has 0 heterocycles. The van der Waals surface area contributed by atoms with E-state index in [9.17, 15) is 0 Å². The van der Waals surface area contributed by atoms with Gasteiger partial charge in [0.1, 0.15) is 0 Å². The molecule has 0 aliphatic heterocycles. The average Bonchev–Trinajstić information content (AvgIpc) is 1.84. The lowest BCUT2D eigenvalue weighted by atomic mass is 10.00. The molecule has 1 rings (SSSR count). The third kappa shape index (κ3) is 2.75. The van der Waals surface area contributed by atoms with Crippen LogP contribution in [0.3, 0.4) is 0 Å². The molecule has 11 heavy (non-hydrogen) atoms. The first-order valence-corrected chi connectivity index (χ1v) is 4.32. The third-order valence-corrected chi connectivity index (χ3v) is 1.91. The van der Waals surface area contributed by atoms with Crippen LogP contribution in [0.15, 0.2) is 36.0 Å². The summed E-state index contributed by atoms with van der Waals surface area (Å²) >= 11 is 0. The molecule has 0 N–H and O–H groups in total. The summed E-state index contributed by atoms with van der Waals surface area (Å²) in [5.41, 5.74) is 1.47. The molecule has 0 unspecified atom stereocenters. The molecule has 0 saturated heterocycles. The first-order valence-electron chi connectivity index (χ1n) is 4.32. The summed E-state index contributed by atoms with van der Waals surface area (Å²) in [6, 6.07) is 0. The van der Waals surface area contributed by atoms with Crippen LogP contribution in [0.5, 0.6) is 0 Å². The fourth-order valence-corrected chi connectivity index (χ4v) is 1.18. The molecule has 0 fully saturated rings. The molecule has 0 aromatic carbocycles. The highest BCUT2D eigenvalue weighted by atomic mass is 14.0. The van der Waals surface area contributed by atoms with E-state index in [1.54, 1.807) is 0 Å². The maximum Gasteiger partial charge on any atom is -0.0163 e. The van der Waals surface area contributed by atoms with Crippen LogP contribution in [0.4, 0.5) is 0 Å². The summed E-state index contributed by atoms with van der Waals surface area (Å²) in [4.78, 5) is 0. The van der Waals surface area contributed by atoms with Crippen molar-refractivity contribution in [2.24, 2.45) is 5.92 Å². The lowest BCUT2D eigenvalue weighted by molar-refractivity contribution is 0.786. The molecule has 1 aliphatic carbocycles. The summed E-state index contributed by atoms with van der Waals surface area (Å²) in [6.45, 7) is 4.48. The van der Waals surface area contributed by atoms with E-state index >= 15 is 0 Å². The monoisotopic (exact) mass is 148 g/mol. The van der Waals surface area contributed by atoms with Gasteiger partial charge in [0.15, 0.2) is 0 Å². The van der Waals surface area contributed by atoms with Crippen LogP contribution in [-0.4, -0.2) is 0 Å². The Hall–Kier alpha value is -0.780. The highest BCUT2D eigenvalue weighted by Gasteiger charge is 1.97. The highest BCUT2D eigenvalue weighted by Crippen LogP contribution is 2.14. The van der Waals surface area contributed by atoms with Gasteiger partial charge in [-0.1, -0.05) is 44.2 Å². The van der Waals surface area contributed by atoms with Gasteiger partial charge in [0.25, 0.3) is 0 Å². The SMILES string of the molecule is CC(C)C1=C/C/C=C\C/C=C\1. The van der Waals surface area contributed by atoms with E-state index in [1.807, 2.05) is 0 Å². The maximum absolute atomic E-state index is 2.30. The Kier molecular flexibility index (Phi) is 3.15. The molecule has 0 heteroatoms. The van der Waals surface area contributed by atoms with Crippen LogP contribution in [0.1, 0.15) is 26.7 Å². The molecular formula is C11H16. The molecule has 60 valence electrons. The second kappa shape index (κ2) is 4.17. The minimum Gasteiger partial charge on any atom is -0.0844 e. The van der Waals surface area contributed by atoms with Gasteiger partial charge in [-0.15, -0.1) is 0 Å². The molecule has 0 saturated carbocycles.